The first-order valence-corrected chi connectivity index (χ1v) is 12.7. The second-order valence-corrected chi connectivity index (χ2v) is 9.57. The lowest BCUT2D eigenvalue weighted by Crippen LogP contribution is -2.38. The Morgan fingerprint density at radius 2 is 1.92 bits per heavy atom. The van der Waals surface area contributed by atoms with Crippen molar-refractivity contribution in [3.8, 4) is 5.75 Å². The van der Waals surface area contributed by atoms with E-state index in [0.717, 1.165) is 22.4 Å². The highest BCUT2D eigenvalue weighted by molar-refractivity contribution is 7.07. The third-order valence-electron chi connectivity index (χ3n) is 6.14. The number of hydrogen-bond acceptors (Lipinski definition) is 6. The minimum Gasteiger partial charge on any atom is -0.485 e. The molecule has 2 aliphatic rings. The Bertz CT molecular complexity index is 1590. The molecule has 0 bridgehead atoms. The van der Waals surface area contributed by atoms with Crippen molar-refractivity contribution in [3.63, 3.8) is 0 Å². The van der Waals surface area contributed by atoms with E-state index in [9.17, 15) is 9.59 Å². The van der Waals surface area contributed by atoms with Crippen LogP contribution in [0, 0.1) is 0 Å². The maximum Gasteiger partial charge on any atom is 0.338 e. The maximum atomic E-state index is 13.7. The minimum absolute atomic E-state index is 0.205. The van der Waals surface area contributed by atoms with Crippen molar-refractivity contribution in [2.24, 2.45) is 4.99 Å². The summed E-state index contributed by atoms with van der Waals surface area (Å²) in [5.41, 5.74) is 3.55. The SMILES string of the molecule is CCOC(=O)C1=C(C)N=c2s/c(=C\C3=Cc4ccccc4O[C@@H]3C)c(=O)n2[C@@H]1/C=C/c1ccccc1. The van der Waals surface area contributed by atoms with Crippen LogP contribution < -0.4 is 19.6 Å². The van der Waals surface area contributed by atoms with Gasteiger partial charge in [-0.3, -0.25) is 9.36 Å². The molecule has 0 N–H and O–H groups in total. The number of fused-ring (bicyclic) bond motifs is 2. The topological polar surface area (TPSA) is 69.9 Å². The summed E-state index contributed by atoms with van der Waals surface area (Å²) in [6.45, 7) is 5.74. The summed E-state index contributed by atoms with van der Waals surface area (Å²) in [7, 11) is 0. The molecule has 0 fully saturated rings. The first kappa shape index (κ1) is 23.8. The largest absolute Gasteiger partial charge is 0.485 e. The number of benzene rings is 2. The predicted octanol–water partition coefficient (Wildman–Crippen LogP) is 4.28. The van der Waals surface area contributed by atoms with Gasteiger partial charge < -0.3 is 9.47 Å². The first-order chi connectivity index (χ1) is 17.5. The number of nitrogens with zero attached hydrogens (tertiary/aromatic N) is 2. The highest BCUT2D eigenvalue weighted by Crippen LogP contribution is 2.30. The van der Waals surface area contributed by atoms with Crippen LogP contribution in [0.1, 0.15) is 37.9 Å². The number of carbonyl (C=O) groups is 1. The number of carbonyl (C=O) groups excluding carboxylic acids is 1. The third kappa shape index (κ3) is 4.50. The van der Waals surface area contributed by atoms with Crippen molar-refractivity contribution < 1.29 is 14.3 Å². The highest BCUT2D eigenvalue weighted by Gasteiger charge is 2.30. The van der Waals surface area contributed by atoms with E-state index in [-0.39, 0.29) is 18.3 Å². The average molecular weight is 499 g/mol. The molecule has 7 heteroatoms. The van der Waals surface area contributed by atoms with E-state index in [1.54, 1.807) is 18.4 Å². The molecular formula is C29H26N2O4S. The van der Waals surface area contributed by atoms with Crippen LogP contribution in [-0.2, 0) is 9.53 Å². The van der Waals surface area contributed by atoms with Gasteiger partial charge in [0.15, 0.2) is 4.80 Å². The Balaban J connectivity index is 1.64. The summed E-state index contributed by atoms with van der Waals surface area (Å²) in [5.74, 6) is 0.355. The summed E-state index contributed by atoms with van der Waals surface area (Å²) in [6, 6.07) is 17.0. The summed E-state index contributed by atoms with van der Waals surface area (Å²) in [5, 5.41) is 0. The Morgan fingerprint density at radius 1 is 1.17 bits per heavy atom. The van der Waals surface area contributed by atoms with Gasteiger partial charge in [-0.25, -0.2) is 9.79 Å². The number of esters is 1. The lowest BCUT2D eigenvalue weighted by Gasteiger charge is -2.22. The van der Waals surface area contributed by atoms with Crippen molar-refractivity contribution in [3.05, 3.63) is 108 Å². The Morgan fingerprint density at radius 3 is 2.69 bits per heavy atom. The molecule has 3 heterocycles. The van der Waals surface area contributed by atoms with Gasteiger partial charge in [0.05, 0.1) is 28.5 Å². The molecule has 182 valence electrons. The molecule has 0 saturated heterocycles. The molecule has 0 amide bonds. The number of allylic oxidation sites excluding steroid dienone is 2. The quantitative estimate of drug-likeness (QED) is 0.493. The maximum absolute atomic E-state index is 13.7. The number of ether oxygens (including phenoxy) is 2. The molecule has 0 saturated carbocycles. The van der Waals surface area contributed by atoms with Gasteiger partial charge in [0.25, 0.3) is 5.56 Å². The summed E-state index contributed by atoms with van der Waals surface area (Å²) in [6.07, 6.45) is 7.48. The molecule has 3 aromatic rings. The van der Waals surface area contributed by atoms with Gasteiger partial charge in [-0.1, -0.05) is 72.0 Å². The molecule has 6 nitrogen and oxygen atoms in total. The molecule has 2 aliphatic heterocycles. The average Bonchev–Trinajstić information content (AvgIpc) is 3.17. The third-order valence-corrected chi connectivity index (χ3v) is 7.12. The smallest absolute Gasteiger partial charge is 0.338 e. The van der Waals surface area contributed by atoms with Gasteiger partial charge in [-0.15, -0.1) is 0 Å². The van der Waals surface area contributed by atoms with Gasteiger partial charge in [0, 0.05) is 5.56 Å². The van der Waals surface area contributed by atoms with Gasteiger partial charge in [0.2, 0.25) is 0 Å². The van der Waals surface area contributed by atoms with E-state index in [0.29, 0.717) is 20.6 Å². The first-order valence-electron chi connectivity index (χ1n) is 11.9. The van der Waals surface area contributed by atoms with E-state index in [4.69, 9.17) is 9.47 Å². The molecule has 0 unspecified atom stereocenters. The summed E-state index contributed by atoms with van der Waals surface area (Å²) >= 11 is 1.31. The predicted molar refractivity (Wildman–Crippen MR) is 142 cm³/mol. The van der Waals surface area contributed by atoms with Crippen LogP contribution in [0.25, 0.3) is 18.2 Å². The molecule has 2 aromatic carbocycles. The number of thiazole rings is 1. The zero-order valence-electron chi connectivity index (χ0n) is 20.3. The normalized spacial score (nSPS) is 19.3. The van der Waals surface area contributed by atoms with E-state index < -0.39 is 12.0 Å². The number of hydrogen-bond donors (Lipinski definition) is 0. The number of para-hydroxylation sites is 1. The van der Waals surface area contributed by atoms with Crippen LogP contribution >= 0.6 is 11.3 Å². The van der Waals surface area contributed by atoms with Crippen molar-refractivity contribution in [2.75, 3.05) is 6.61 Å². The zero-order chi connectivity index (χ0) is 25.2. The van der Waals surface area contributed by atoms with E-state index in [1.807, 2.05) is 85.8 Å². The van der Waals surface area contributed by atoms with Gasteiger partial charge >= 0.3 is 5.97 Å². The fourth-order valence-electron chi connectivity index (χ4n) is 4.36. The van der Waals surface area contributed by atoms with Gasteiger partial charge in [-0.05, 0) is 50.1 Å². The zero-order valence-corrected chi connectivity index (χ0v) is 21.1. The summed E-state index contributed by atoms with van der Waals surface area (Å²) in [4.78, 5) is 31.8. The van der Waals surface area contributed by atoms with Crippen LogP contribution in [0.5, 0.6) is 5.75 Å². The molecule has 1 aromatic heterocycles. The van der Waals surface area contributed by atoms with Crippen LogP contribution in [0.3, 0.4) is 0 Å². The monoisotopic (exact) mass is 498 g/mol. The molecule has 5 rings (SSSR count). The fraction of sp³-hybridized carbons (Fsp3) is 0.207. The van der Waals surface area contributed by atoms with Crippen LogP contribution in [0.2, 0.25) is 0 Å². The standard InChI is InChI=1S/C29H26N2O4S/c1-4-34-28(33)26-18(2)30-29-31(23(26)15-14-20-10-6-5-7-11-20)27(32)25(36-29)17-22-16-21-12-8-9-13-24(21)35-19(22)3/h5-17,19,23H,4H2,1-3H3/b15-14+,25-17-/t19-,23-/m1/s1. The van der Waals surface area contributed by atoms with Gasteiger partial charge in [-0.2, -0.15) is 0 Å². The molecule has 0 aliphatic carbocycles. The Labute approximate surface area is 212 Å². The van der Waals surface area contributed by atoms with Crippen molar-refractivity contribution in [1.82, 2.24) is 4.57 Å². The molecule has 0 radical (unpaired) electrons. The van der Waals surface area contributed by atoms with Crippen LogP contribution in [0.4, 0.5) is 0 Å². The molecule has 0 spiro atoms. The summed E-state index contributed by atoms with van der Waals surface area (Å²) < 4.78 is 13.5. The Hall–Kier alpha value is -3.97. The molecule has 36 heavy (non-hydrogen) atoms. The van der Waals surface area contributed by atoms with E-state index in [2.05, 4.69) is 4.99 Å². The molecular weight excluding hydrogens is 472 g/mol. The van der Waals surface area contributed by atoms with Crippen molar-refractivity contribution in [1.29, 1.82) is 0 Å². The van der Waals surface area contributed by atoms with E-state index in [1.165, 1.54) is 11.3 Å². The molecule has 2 atom stereocenters. The minimum atomic E-state index is -0.627. The van der Waals surface area contributed by atoms with E-state index >= 15 is 0 Å². The van der Waals surface area contributed by atoms with Crippen LogP contribution in [0.15, 0.2) is 87.3 Å². The number of rotatable bonds is 5. The highest BCUT2D eigenvalue weighted by atomic mass is 32.1. The van der Waals surface area contributed by atoms with Crippen molar-refractivity contribution >= 4 is 35.5 Å². The second kappa shape index (κ2) is 9.95. The second-order valence-electron chi connectivity index (χ2n) is 8.56. The lowest BCUT2D eigenvalue weighted by molar-refractivity contribution is -0.139. The van der Waals surface area contributed by atoms with Crippen molar-refractivity contribution in [2.45, 2.75) is 32.9 Å². The fourth-order valence-corrected chi connectivity index (χ4v) is 5.41. The lowest BCUT2D eigenvalue weighted by atomic mass is 10.0. The Kier molecular flexibility index (Phi) is 6.57. The van der Waals surface area contributed by atoms with Gasteiger partial charge in [0.1, 0.15) is 11.9 Å². The number of aromatic nitrogens is 1. The van der Waals surface area contributed by atoms with Crippen LogP contribution in [-0.4, -0.2) is 23.2 Å².